The van der Waals surface area contributed by atoms with Crippen LogP contribution in [0.4, 0.5) is 0 Å². The molecule has 1 amide bonds. The fourth-order valence-corrected chi connectivity index (χ4v) is 3.15. The van der Waals surface area contributed by atoms with Crippen molar-refractivity contribution in [1.29, 1.82) is 0 Å². The highest BCUT2D eigenvalue weighted by atomic mass is 32.2. The van der Waals surface area contributed by atoms with Gasteiger partial charge >= 0.3 is 5.97 Å². The molecule has 2 N–H and O–H groups in total. The SMILES string of the molecule is C#CCNC(=O)CSc1nc2cc(C(=O)OC)ccc2c(=O)n1C[C@@H](C)O. The Labute approximate surface area is 159 Å². The number of carbonyl (C=O) groups is 2. The van der Waals surface area contributed by atoms with Crippen LogP contribution in [0.25, 0.3) is 10.9 Å². The standard InChI is InChI=1S/C18H19N3O5S/c1-4-7-19-15(23)10-27-18-20-14-8-12(17(25)26-3)5-6-13(14)16(24)21(18)9-11(2)22/h1,5-6,8,11,22H,7,9-10H2,2-3H3,(H,19,23)/t11-/m1/s1. The number of hydrogen-bond acceptors (Lipinski definition) is 7. The second kappa shape index (κ2) is 9.21. The Morgan fingerprint density at radius 1 is 1.48 bits per heavy atom. The number of nitrogens with zero attached hydrogens (tertiary/aromatic N) is 2. The Bertz CT molecular complexity index is 962. The average Bonchev–Trinajstić information content (AvgIpc) is 2.65. The summed E-state index contributed by atoms with van der Waals surface area (Å²) in [5, 5.41) is 12.8. The lowest BCUT2D eigenvalue weighted by atomic mass is 10.1. The van der Waals surface area contributed by atoms with Gasteiger partial charge in [-0.15, -0.1) is 6.42 Å². The van der Waals surface area contributed by atoms with E-state index in [0.717, 1.165) is 11.8 Å². The third-order valence-corrected chi connectivity index (χ3v) is 4.48. The molecular weight excluding hydrogens is 370 g/mol. The predicted octanol–water partition coefficient (Wildman–Crippen LogP) is 0.405. The summed E-state index contributed by atoms with van der Waals surface area (Å²) in [5.41, 5.74) is 0.188. The van der Waals surface area contributed by atoms with Crippen LogP contribution in [0.15, 0.2) is 28.2 Å². The second-order valence-corrected chi connectivity index (χ2v) is 6.59. The van der Waals surface area contributed by atoms with E-state index in [1.54, 1.807) is 6.92 Å². The first-order valence-corrected chi connectivity index (χ1v) is 8.99. The van der Waals surface area contributed by atoms with E-state index < -0.39 is 12.1 Å². The lowest BCUT2D eigenvalue weighted by Crippen LogP contribution is -2.29. The van der Waals surface area contributed by atoms with E-state index in [0.29, 0.717) is 10.9 Å². The molecule has 2 rings (SSSR count). The van der Waals surface area contributed by atoms with Gasteiger partial charge in [-0.05, 0) is 25.1 Å². The van der Waals surface area contributed by atoms with Gasteiger partial charge in [0.1, 0.15) is 0 Å². The number of benzene rings is 1. The Kier molecular flexibility index (Phi) is 6.98. The summed E-state index contributed by atoms with van der Waals surface area (Å²) in [7, 11) is 1.26. The molecule has 0 aliphatic carbocycles. The van der Waals surface area contributed by atoms with Crippen LogP contribution in [0, 0.1) is 12.3 Å². The number of rotatable bonds is 7. The van der Waals surface area contributed by atoms with Crippen LogP contribution in [0.5, 0.6) is 0 Å². The smallest absolute Gasteiger partial charge is 0.337 e. The molecule has 1 heterocycles. The fraction of sp³-hybridized carbons (Fsp3) is 0.333. The van der Waals surface area contributed by atoms with E-state index in [4.69, 9.17) is 6.42 Å². The zero-order valence-electron chi connectivity index (χ0n) is 14.9. The van der Waals surface area contributed by atoms with Gasteiger partial charge in [-0.1, -0.05) is 17.7 Å². The van der Waals surface area contributed by atoms with E-state index in [9.17, 15) is 19.5 Å². The maximum Gasteiger partial charge on any atom is 0.337 e. The number of aromatic nitrogens is 2. The van der Waals surface area contributed by atoms with Crippen molar-refractivity contribution in [2.24, 2.45) is 0 Å². The number of thioether (sulfide) groups is 1. The molecule has 0 spiro atoms. The van der Waals surface area contributed by atoms with Crippen molar-refractivity contribution < 1.29 is 19.4 Å². The first kappa shape index (κ1) is 20.5. The number of nitrogens with one attached hydrogen (secondary N) is 1. The molecule has 2 aromatic rings. The average molecular weight is 389 g/mol. The topological polar surface area (TPSA) is 111 Å². The van der Waals surface area contributed by atoms with Crippen LogP contribution in [-0.2, 0) is 16.1 Å². The monoisotopic (exact) mass is 389 g/mol. The molecule has 1 atom stereocenters. The lowest BCUT2D eigenvalue weighted by molar-refractivity contribution is -0.118. The van der Waals surface area contributed by atoms with Crippen molar-refractivity contribution >= 4 is 34.5 Å². The summed E-state index contributed by atoms with van der Waals surface area (Å²) in [5.74, 6) is 1.44. The summed E-state index contributed by atoms with van der Waals surface area (Å²) >= 11 is 1.04. The van der Waals surface area contributed by atoms with Gasteiger partial charge in [-0.3, -0.25) is 14.2 Å². The van der Waals surface area contributed by atoms with E-state index in [2.05, 4.69) is 21.0 Å². The Hall–Kier alpha value is -2.83. The Morgan fingerprint density at radius 2 is 2.22 bits per heavy atom. The van der Waals surface area contributed by atoms with Crippen LogP contribution in [0.1, 0.15) is 17.3 Å². The van der Waals surface area contributed by atoms with Crippen LogP contribution in [0.3, 0.4) is 0 Å². The van der Waals surface area contributed by atoms with Crippen molar-refractivity contribution in [3.8, 4) is 12.3 Å². The van der Waals surface area contributed by atoms with Crippen LogP contribution < -0.4 is 10.9 Å². The molecule has 0 bridgehead atoms. The Balaban J connectivity index is 2.47. The second-order valence-electron chi connectivity index (χ2n) is 5.65. The van der Waals surface area contributed by atoms with Gasteiger partial charge in [0.2, 0.25) is 5.91 Å². The number of carbonyl (C=O) groups excluding carboxylic acids is 2. The molecule has 9 heteroatoms. The summed E-state index contributed by atoms with van der Waals surface area (Å²) < 4.78 is 5.99. The van der Waals surface area contributed by atoms with E-state index in [1.165, 1.54) is 29.9 Å². The van der Waals surface area contributed by atoms with Crippen molar-refractivity contribution in [2.45, 2.75) is 24.7 Å². The number of aliphatic hydroxyl groups is 1. The molecule has 0 radical (unpaired) electrons. The normalized spacial score (nSPS) is 11.6. The number of esters is 1. The Morgan fingerprint density at radius 3 is 2.85 bits per heavy atom. The molecule has 0 saturated heterocycles. The highest BCUT2D eigenvalue weighted by molar-refractivity contribution is 7.99. The van der Waals surface area contributed by atoms with Gasteiger partial charge in [-0.25, -0.2) is 9.78 Å². The summed E-state index contributed by atoms with van der Waals surface area (Å²) in [6.45, 7) is 1.67. The largest absolute Gasteiger partial charge is 0.465 e. The molecule has 0 saturated carbocycles. The maximum absolute atomic E-state index is 12.8. The van der Waals surface area contributed by atoms with Gasteiger partial charge in [0.25, 0.3) is 5.56 Å². The summed E-state index contributed by atoms with van der Waals surface area (Å²) in [6.07, 6.45) is 4.31. The number of terminal acetylenes is 1. The molecule has 8 nitrogen and oxygen atoms in total. The third kappa shape index (κ3) is 5.09. The quantitative estimate of drug-likeness (QED) is 0.305. The number of ether oxygens (including phenoxy) is 1. The van der Waals surface area contributed by atoms with Crippen LogP contribution in [-0.4, -0.2) is 52.0 Å². The number of amides is 1. The van der Waals surface area contributed by atoms with Crippen molar-refractivity contribution in [3.05, 3.63) is 34.1 Å². The molecule has 0 unspecified atom stereocenters. The summed E-state index contributed by atoms with van der Waals surface area (Å²) in [4.78, 5) is 40.7. The van der Waals surface area contributed by atoms with Crippen molar-refractivity contribution in [2.75, 3.05) is 19.4 Å². The molecule has 0 fully saturated rings. The highest BCUT2D eigenvalue weighted by Crippen LogP contribution is 2.19. The van der Waals surface area contributed by atoms with E-state index >= 15 is 0 Å². The number of aliphatic hydroxyl groups excluding tert-OH is 1. The molecule has 1 aromatic carbocycles. The van der Waals surface area contributed by atoms with Crippen LogP contribution >= 0.6 is 11.8 Å². The highest BCUT2D eigenvalue weighted by Gasteiger charge is 2.16. The van der Waals surface area contributed by atoms with Gasteiger partial charge in [0.15, 0.2) is 5.16 Å². The van der Waals surface area contributed by atoms with Gasteiger partial charge in [0.05, 0.1) is 48.5 Å². The molecule has 27 heavy (non-hydrogen) atoms. The minimum absolute atomic E-state index is 0.00384. The molecule has 142 valence electrons. The minimum atomic E-state index is -0.786. The first-order chi connectivity index (χ1) is 12.9. The predicted molar refractivity (Wildman–Crippen MR) is 102 cm³/mol. The summed E-state index contributed by atoms with van der Waals surface area (Å²) in [6, 6.07) is 4.42. The third-order valence-electron chi connectivity index (χ3n) is 3.51. The van der Waals surface area contributed by atoms with Gasteiger partial charge < -0.3 is 15.2 Å². The molecular formula is C18H19N3O5S. The molecule has 0 aliphatic rings. The van der Waals surface area contributed by atoms with Gasteiger partial charge in [-0.2, -0.15) is 0 Å². The minimum Gasteiger partial charge on any atom is -0.465 e. The number of methoxy groups -OCH3 is 1. The number of fused-ring (bicyclic) bond motifs is 1. The van der Waals surface area contributed by atoms with E-state index in [-0.39, 0.29) is 41.0 Å². The zero-order chi connectivity index (χ0) is 20.0. The zero-order valence-corrected chi connectivity index (χ0v) is 15.7. The lowest BCUT2D eigenvalue weighted by Gasteiger charge is -2.14. The van der Waals surface area contributed by atoms with E-state index in [1.807, 2.05) is 0 Å². The van der Waals surface area contributed by atoms with Crippen molar-refractivity contribution in [3.63, 3.8) is 0 Å². The molecule has 0 aliphatic heterocycles. The molecule has 1 aromatic heterocycles. The van der Waals surface area contributed by atoms with Crippen molar-refractivity contribution in [1.82, 2.24) is 14.9 Å². The van der Waals surface area contributed by atoms with Crippen LogP contribution in [0.2, 0.25) is 0 Å². The maximum atomic E-state index is 12.8. The fourth-order valence-electron chi connectivity index (χ4n) is 2.31. The van der Waals surface area contributed by atoms with Gasteiger partial charge in [0, 0.05) is 0 Å². The number of hydrogen-bond donors (Lipinski definition) is 2. The first-order valence-electron chi connectivity index (χ1n) is 8.01.